The van der Waals surface area contributed by atoms with Gasteiger partial charge in [-0.05, 0) is 24.5 Å². The number of Topliss-reactive ketones (excluding diaryl/α,β-unsaturated/α-hetero) is 1. The number of hydrogen-bond donors (Lipinski definition) is 0. The fourth-order valence-electron chi connectivity index (χ4n) is 4.00. The second-order valence-corrected chi connectivity index (χ2v) is 7.22. The summed E-state index contributed by atoms with van der Waals surface area (Å²) in [5.41, 5.74) is 1.19. The molecule has 2 aliphatic heterocycles. The molecule has 2 aromatic rings. The van der Waals surface area contributed by atoms with E-state index in [-0.39, 0.29) is 42.0 Å². The predicted molar refractivity (Wildman–Crippen MR) is 98.1 cm³/mol. The molecule has 0 spiro atoms. The van der Waals surface area contributed by atoms with Crippen molar-refractivity contribution in [2.45, 2.75) is 31.5 Å². The Morgan fingerprint density at radius 3 is 2.54 bits per heavy atom. The summed E-state index contributed by atoms with van der Waals surface area (Å²) in [6.45, 7) is 0.929. The Balaban J connectivity index is 1.43. The van der Waals surface area contributed by atoms with Crippen molar-refractivity contribution in [1.29, 1.82) is 0 Å². The first-order valence-corrected chi connectivity index (χ1v) is 9.33. The third kappa shape index (κ3) is 3.89. The van der Waals surface area contributed by atoms with E-state index in [0.717, 1.165) is 11.8 Å². The molecule has 0 N–H and O–H groups in total. The molecule has 6 nitrogen and oxygen atoms in total. The van der Waals surface area contributed by atoms with E-state index in [4.69, 9.17) is 9.47 Å². The molecule has 2 unspecified atom stereocenters. The minimum Gasteiger partial charge on any atom is -0.445 e. The van der Waals surface area contributed by atoms with E-state index >= 15 is 0 Å². The number of nitrogens with zero attached hydrogens (tertiary/aromatic N) is 2. The van der Waals surface area contributed by atoms with Gasteiger partial charge in [0.25, 0.3) is 0 Å². The van der Waals surface area contributed by atoms with Crippen LogP contribution < -0.4 is 0 Å². The minimum absolute atomic E-state index is 0.138. The van der Waals surface area contributed by atoms with Gasteiger partial charge in [-0.2, -0.15) is 0 Å². The Bertz CT molecular complexity index is 846. The zero-order valence-electron chi connectivity index (χ0n) is 15.3. The number of pyridine rings is 1. The second-order valence-electron chi connectivity index (χ2n) is 7.22. The molecule has 28 heavy (non-hydrogen) atoms. The maximum Gasteiger partial charge on any atom is 0.410 e. The lowest BCUT2D eigenvalue weighted by Gasteiger charge is -2.47. The van der Waals surface area contributed by atoms with Gasteiger partial charge in [0, 0.05) is 17.7 Å². The first-order chi connectivity index (χ1) is 13.6. The summed E-state index contributed by atoms with van der Waals surface area (Å²) in [5, 5.41) is 0. The third-order valence-electron chi connectivity index (χ3n) is 5.30. The maximum absolute atomic E-state index is 13.4. The number of halogens is 1. The Kier molecular flexibility index (Phi) is 5.34. The van der Waals surface area contributed by atoms with Crippen LogP contribution in [-0.4, -0.2) is 47.1 Å². The van der Waals surface area contributed by atoms with Crippen LogP contribution in [-0.2, 0) is 16.1 Å². The largest absolute Gasteiger partial charge is 0.445 e. The SMILES string of the molecule is O=C(c1cncc(F)c1)C1CC2COCC(C1)N2C(=O)OCc1ccccc1. The van der Waals surface area contributed by atoms with Crippen molar-refractivity contribution in [3.63, 3.8) is 0 Å². The predicted octanol–water partition coefficient (Wildman–Crippen LogP) is 3.22. The molecule has 2 fully saturated rings. The summed E-state index contributed by atoms with van der Waals surface area (Å²) in [4.78, 5) is 30.9. The summed E-state index contributed by atoms with van der Waals surface area (Å²) >= 11 is 0. The van der Waals surface area contributed by atoms with Gasteiger partial charge in [-0.1, -0.05) is 30.3 Å². The summed E-state index contributed by atoms with van der Waals surface area (Å²) in [6.07, 6.45) is 3.00. The zero-order chi connectivity index (χ0) is 19.5. The summed E-state index contributed by atoms with van der Waals surface area (Å²) < 4.78 is 24.5. The Hall–Kier alpha value is -2.80. The van der Waals surface area contributed by atoms with Crippen molar-refractivity contribution in [3.05, 3.63) is 65.7 Å². The molecule has 1 aromatic carbocycles. The van der Waals surface area contributed by atoms with Crippen LogP contribution in [0.15, 0.2) is 48.8 Å². The first-order valence-electron chi connectivity index (χ1n) is 9.33. The van der Waals surface area contributed by atoms with Crippen molar-refractivity contribution >= 4 is 11.9 Å². The average Bonchev–Trinajstić information content (AvgIpc) is 2.71. The number of aromatic nitrogens is 1. The van der Waals surface area contributed by atoms with Crippen LogP contribution in [0.1, 0.15) is 28.8 Å². The van der Waals surface area contributed by atoms with Crippen molar-refractivity contribution in [2.75, 3.05) is 13.2 Å². The standard InChI is InChI=1S/C21H21FN2O4/c22-17-6-16(9-23-10-17)20(25)15-7-18-12-27-13-19(8-15)24(18)21(26)28-11-14-4-2-1-3-5-14/h1-6,9-10,15,18-19H,7-8,11-13H2. The van der Waals surface area contributed by atoms with Crippen molar-refractivity contribution < 1.29 is 23.5 Å². The van der Waals surface area contributed by atoms with Gasteiger partial charge in [-0.25, -0.2) is 9.18 Å². The number of rotatable bonds is 4. The van der Waals surface area contributed by atoms with Crippen LogP contribution in [0.5, 0.6) is 0 Å². The van der Waals surface area contributed by atoms with Crippen molar-refractivity contribution in [3.8, 4) is 0 Å². The van der Waals surface area contributed by atoms with Gasteiger partial charge in [0.2, 0.25) is 0 Å². The van der Waals surface area contributed by atoms with Gasteiger partial charge < -0.3 is 9.47 Å². The Morgan fingerprint density at radius 1 is 1.14 bits per heavy atom. The molecular formula is C21H21FN2O4. The van der Waals surface area contributed by atoms with Crippen molar-refractivity contribution in [2.24, 2.45) is 5.92 Å². The first kappa shape index (κ1) is 18.6. The van der Waals surface area contributed by atoms with Crippen LogP contribution >= 0.6 is 0 Å². The lowest BCUT2D eigenvalue weighted by Crippen LogP contribution is -2.59. The molecule has 2 atom stereocenters. The molecule has 4 rings (SSSR count). The fourth-order valence-corrected chi connectivity index (χ4v) is 4.00. The van der Waals surface area contributed by atoms with Gasteiger partial charge in [-0.15, -0.1) is 0 Å². The molecule has 2 bridgehead atoms. The zero-order valence-corrected chi connectivity index (χ0v) is 15.3. The number of benzene rings is 1. The van der Waals surface area contributed by atoms with Crippen LogP contribution in [0.2, 0.25) is 0 Å². The number of ether oxygens (including phenoxy) is 2. The number of carbonyl (C=O) groups is 2. The highest BCUT2D eigenvalue weighted by atomic mass is 19.1. The van der Waals surface area contributed by atoms with E-state index in [1.54, 1.807) is 4.90 Å². The fraction of sp³-hybridized carbons (Fsp3) is 0.381. The number of amides is 1. The lowest BCUT2D eigenvalue weighted by molar-refractivity contribution is -0.0755. The highest BCUT2D eigenvalue weighted by Gasteiger charge is 2.44. The van der Waals surface area contributed by atoms with Crippen LogP contribution in [0.4, 0.5) is 9.18 Å². The Labute approximate surface area is 162 Å². The molecule has 1 amide bonds. The molecule has 2 saturated heterocycles. The number of hydrogen-bond acceptors (Lipinski definition) is 5. The molecule has 1 aromatic heterocycles. The summed E-state index contributed by atoms with van der Waals surface area (Å²) in [5.74, 6) is -0.960. The summed E-state index contributed by atoms with van der Waals surface area (Å²) in [6, 6.07) is 10.2. The molecule has 0 radical (unpaired) electrons. The smallest absolute Gasteiger partial charge is 0.410 e. The highest BCUT2D eigenvalue weighted by Crippen LogP contribution is 2.34. The van der Waals surface area contributed by atoms with Crippen LogP contribution in [0, 0.1) is 11.7 Å². The quantitative estimate of drug-likeness (QED) is 0.757. The number of ketones is 1. The van der Waals surface area contributed by atoms with Gasteiger partial charge in [-0.3, -0.25) is 14.7 Å². The van der Waals surface area contributed by atoms with Gasteiger partial charge >= 0.3 is 6.09 Å². The maximum atomic E-state index is 13.4. The van der Waals surface area contributed by atoms with E-state index in [1.807, 2.05) is 30.3 Å². The monoisotopic (exact) mass is 384 g/mol. The second kappa shape index (κ2) is 8.06. The number of piperidine rings is 1. The Morgan fingerprint density at radius 2 is 1.86 bits per heavy atom. The molecule has 3 heterocycles. The molecule has 7 heteroatoms. The lowest BCUT2D eigenvalue weighted by atomic mass is 9.81. The minimum atomic E-state index is -0.531. The molecule has 2 aliphatic rings. The van der Waals surface area contributed by atoms with Crippen molar-refractivity contribution in [1.82, 2.24) is 9.88 Å². The number of fused-ring (bicyclic) bond motifs is 2. The highest BCUT2D eigenvalue weighted by molar-refractivity contribution is 5.97. The topological polar surface area (TPSA) is 68.7 Å². The van der Waals surface area contributed by atoms with E-state index < -0.39 is 5.82 Å². The number of morpholine rings is 1. The van der Waals surface area contributed by atoms with Gasteiger partial charge in [0.15, 0.2) is 5.78 Å². The van der Waals surface area contributed by atoms with E-state index in [2.05, 4.69) is 4.98 Å². The molecule has 0 aliphatic carbocycles. The summed E-state index contributed by atoms with van der Waals surface area (Å²) in [7, 11) is 0. The molecule has 146 valence electrons. The van der Waals surface area contributed by atoms with E-state index in [9.17, 15) is 14.0 Å². The average molecular weight is 384 g/mol. The number of carbonyl (C=O) groups excluding carboxylic acids is 2. The van der Waals surface area contributed by atoms with E-state index in [0.29, 0.717) is 26.1 Å². The van der Waals surface area contributed by atoms with Gasteiger partial charge in [0.05, 0.1) is 31.5 Å². The third-order valence-corrected chi connectivity index (χ3v) is 5.30. The normalized spacial score (nSPS) is 23.9. The molecule has 0 saturated carbocycles. The van der Waals surface area contributed by atoms with E-state index in [1.165, 1.54) is 12.3 Å². The molecular weight excluding hydrogens is 363 g/mol. The van der Waals surface area contributed by atoms with Crippen LogP contribution in [0.25, 0.3) is 0 Å². The van der Waals surface area contributed by atoms with Crippen LogP contribution in [0.3, 0.4) is 0 Å². The van der Waals surface area contributed by atoms with Gasteiger partial charge in [0.1, 0.15) is 12.4 Å².